The number of carbonyl (C=O) groups excluding carboxylic acids is 2. The summed E-state index contributed by atoms with van der Waals surface area (Å²) < 4.78 is 0. The Bertz CT molecular complexity index is 489. The van der Waals surface area contributed by atoms with E-state index in [1.807, 2.05) is 0 Å². The van der Waals surface area contributed by atoms with Crippen molar-refractivity contribution in [1.29, 1.82) is 0 Å². The SMILES string of the molecule is CCN(CC(=O)Nc1c(Cl)cccc1Cl)C(=O)C(C)N.Cl. The first-order valence-corrected chi connectivity index (χ1v) is 6.90. The molecule has 0 saturated carbocycles. The molecule has 0 spiro atoms. The maximum Gasteiger partial charge on any atom is 0.244 e. The Morgan fingerprint density at radius 1 is 1.33 bits per heavy atom. The fourth-order valence-electron chi connectivity index (χ4n) is 1.60. The third-order valence-electron chi connectivity index (χ3n) is 2.64. The molecule has 0 saturated heterocycles. The van der Waals surface area contributed by atoms with E-state index in [1.165, 1.54) is 4.90 Å². The van der Waals surface area contributed by atoms with Gasteiger partial charge in [0.05, 0.1) is 28.3 Å². The van der Waals surface area contributed by atoms with Crippen LogP contribution in [0.5, 0.6) is 0 Å². The lowest BCUT2D eigenvalue weighted by atomic mass is 10.3. The number of nitrogens with two attached hydrogens (primary N) is 1. The zero-order valence-corrected chi connectivity index (χ0v) is 14.1. The minimum atomic E-state index is -0.647. The maximum absolute atomic E-state index is 12.0. The second-order valence-electron chi connectivity index (χ2n) is 4.29. The van der Waals surface area contributed by atoms with Crippen LogP contribution in [0.3, 0.4) is 0 Å². The average molecular weight is 355 g/mol. The van der Waals surface area contributed by atoms with Crippen molar-refractivity contribution in [3.63, 3.8) is 0 Å². The number of benzene rings is 1. The summed E-state index contributed by atoms with van der Waals surface area (Å²) in [5, 5.41) is 3.28. The van der Waals surface area contributed by atoms with Gasteiger partial charge < -0.3 is 16.0 Å². The molecule has 0 aliphatic rings. The van der Waals surface area contributed by atoms with Gasteiger partial charge in [0.2, 0.25) is 11.8 Å². The summed E-state index contributed by atoms with van der Waals surface area (Å²) >= 11 is 11.9. The highest BCUT2D eigenvalue weighted by Gasteiger charge is 2.19. The van der Waals surface area contributed by atoms with Crippen LogP contribution >= 0.6 is 35.6 Å². The Morgan fingerprint density at radius 2 is 1.86 bits per heavy atom. The molecule has 1 aromatic rings. The normalized spacial score (nSPS) is 11.3. The zero-order valence-electron chi connectivity index (χ0n) is 11.7. The lowest BCUT2D eigenvalue weighted by Crippen LogP contribution is -2.45. The van der Waals surface area contributed by atoms with Crippen LogP contribution in [0, 0.1) is 0 Å². The van der Waals surface area contributed by atoms with Crippen molar-refractivity contribution < 1.29 is 9.59 Å². The first kappa shape index (κ1) is 20.0. The molecule has 0 bridgehead atoms. The number of nitrogens with zero attached hydrogens (tertiary/aromatic N) is 1. The molecule has 118 valence electrons. The molecule has 0 fully saturated rings. The monoisotopic (exact) mass is 353 g/mol. The lowest BCUT2D eigenvalue weighted by Gasteiger charge is -2.22. The lowest BCUT2D eigenvalue weighted by molar-refractivity contribution is -0.135. The van der Waals surface area contributed by atoms with E-state index in [0.717, 1.165) is 0 Å². The van der Waals surface area contributed by atoms with Crippen molar-refractivity contribution in [3.8, 4) is 0 Å². The molecule has 0 radical (unpaired) electrons. The first-order valence-electron chi connectivity index (χ1n) is 6.15. The smallest absolute Gasteiger partial charge is 0.244 e. The van der Waals surface area contributed by atoms with Crippen LogP contribution in [0.25, 0.3) is 0 Å². The fourth-order valence-corrected chi connectivity index (χ4v) is 2.10. The number of para-hydroxylation sites is 1. The summed E-state index contributed by atoms with van der Waals surface area (Å²) in [6.45, 7) is 3.65. The van der Waals surface area contributed by atoms with Crippen molar-refractivity contribution in [2.75, 3.05) is 18.4 Å². The van der Waals surface area contributed by atoms with Gasteiger partial charge in [-0.1, -0.05) is 29.3 Å². The molecule has 1 unspecified atom stereocenters. The van der Waals surface area contributed by atoms with Crippen molar-refractivity contribution in [2.24, 2.45) is 5.73 Å². The van der Waals surface area contributed by atoms with Gasteiger partial charge in [-0.2, -0.15) is 0 Å². The van der Waals surface area contributed by atoms with E-state index in [-0.39, 0.29) is 30.8 Å². The predicted molar refractivity (Wildman–Crippen MR) is 88.2 cm³/mol. The van der Waals surface area contributed by atoms with Crippen LogP contribution in [-0.2, 0) is 9.59 Å². The quantitative estimate of drug-likeness (QED) is 0.853. The Kier molecular flexibility index (Phi) is 8.66. The average Bonchev–Trinajstić information content (AvgIpc) is 2.39. The third kappa shape index (κ3) is 5.71. The van der Waals surface area contributed by atoms with Gasteiger partial charge in [0.15, 0.2) is 0 Å². The van der Waals surface area contributed by atoms with E-state index < -0.39 is 6.04 Å². The summed E-state index contributed by atoms with van der Waals surface area (Å²) in [6, 6.07) is 4.27. The minimum absolute atomic E-state index is 0. The molecule has 0 aliphatic heterocycles. The van der Waals surface area contributed by atoms with Gasteiger partial charge in [-0.15, -0.1) is 12.4 Å². The summed E-state index contributed by atoms with van der Waals surface area (Å²) in [7, 11) is 0. The molecular weight excluding hydrogens is 337 g/mol. The highest BCUT2D eigenvalue weighted by atomic mass is 35.5. The van der Waals surface area contributed by atoms with Crippen LogP contribution < -0.4 is 11.1 Å². The first-order chi connectivity index (χ1) is 9.36. The van der Waals surface area contributed by atoms with Gasteiger partial charge >= 0.3 is 0 Å². The number of likely N-dealkylation sites (N-methyl/N-ethyl adjacent to an activating group) is 1. The Morgan fingerprint density at radius 3 is 2.29 bits per heavy atom. The molecule has 0 heterocycles. The van der Waals surface area contributed by atoms with Crippen LogP contribution in [0.15, 0.2) is 18.2 Å². The second kappa shape index (κ2) is 9.10. The van der Waals surface area contributed by atoms with E-state index in [4.69, 9.17) is 28.9 Å². The van der Waals surface area contributed by atoms with Crippen LogP contribution in [-0.4, -0.2) is 35.8 Å². The van der Waals surface area contributed by atoms with Gasteiger partial charge in [-0.3, -0.25) is 9.59 Å². The van der Waals surface area contributed by atoms with E-state index in [2.05, 4.69) is 5.32 Å². The Balaban J connectivity index is 0.00000400. The highest BCUT2D eigenvalue weighted by molar-refractivity contribution is 6.39. The summed E-state index contributed by atoms with van der Waals surface area (Å²) in [5.41, 5.74) is 5.86. The number of carbonyl (C=O) groups is 2. The molecule has 1 atom stereocenters. The second-order valence-corrected chi connectivity index (χ2v) is 5.10. The molecule has 1 rings (SSSR count). The standard InChI is InChI=1S/C13H17Cl2N3O2.ClH/c1-3-18(13(20)8(2)16)7-11(19)17-12-9(14)5-4-6-10(12)15;/h4-6,8H,3,7,16H2,1-2H3,(H,17,19);1H. The summed E-state index contributed by atoms with van der Waals surface area (Å²) in [6.07, 6.45) is 0. The molecule has 3 N–H and O–H groups in total. The van der Waals surface area contributed by atoms with Crippen LogP contribution in [0.1, 0.15) is 13.8 Å². The van der Waals surface area contributed by atoms with Crippen molar-refractivity contribution in [2.45, 2.75) is 19.9 Å². The molecule has 0 aromatic heterocycles. The molecule has 5 nitrogen and oxygen atoms in total. The topological polar surface area (TPSA) is 75.4 Å². The van der Waals surface area contributed by atoms with Gasteiger partial charge in [0.25, 0.3) is 0 Å². The highest BCUT2D eigenvalue weighted by Crippen LogP contribution is 2.29. The zero-order chi connectivity index (χ0) is 15.3. The Labute approximate surface area is 140 Å². The maximum atomic E-state index is 12.0. The summed E-state index contributed by atoms with van der Waals surface area (Å²) in [4.78, 5) is 25.1. The van der Waals surface area contributed by atoms with E-state index in [9.17, 15) is 9.59 Å². The van der Waals surface area contributed by atoms with Gasteiger partial charge in [-0.05, 0) is 26.0 Å². The van der Waals surface area contributed by atoms with Gasteiger partial charge in [-0.25, -0.2) is 0 Å². The number of amides is 2. The molecule has 1 aromatic carbocycles. The molecular formula is C13H18Cl3N3O2. The fraction of sp³-hybridized carbons (Fsp3) is 0.385. The van der Waals surface area contributed by atoms with Crippen LogP contribution in [0.4, 0.5) is 5.69 Å². The van der Waals surface area contributed by atoms with Crippen molar-refractivity contribution >= 4 is 53.1 Å². The van der Waals surface area contributed by atoms with Crippen molar-refractivity contribution in [1.82, 2.24) is 4.90 Å². The van der Waals surface area contributed by atoms with Crippen LogP contribution in [0.2, 0.25) is 10.0 Å². The predicted octanol–water partition coefficient (Wildman–Crippen LogP) is 2.55. The number of hydrogen-bond donors (Lipinski definition) is 2. The summed E-state index contributed by atoms with van der Waals surface area (Å²) in [5.74, 6) is -0.663. The van der Waals surface area contributed by atoms with Crippen molar-refractivity contribution in [3.05, 3.63) is 28.2 Å². The van der Waals surface area contributed by atoms with E-state index in [0.29, 0.717) is 22.3 Å². The number of halogens is 3. The number of nitrogens with one attached hydrogen (secondary N) is 1. The number of anilines is 1. The Hall–Kier alpha value is -1.01. The van der Waals surface area contributed by atoms with E-state index in [1.54, 1.807) is 32.0 Å². The number of rotatable bonds is 5. The molecule has 21 heavy (non-hydrogen) atoms. The molecule has 8 heteroatoms. The number of hydrogen-bond acceptors (Lipinski definition) is 3. The van der Waals surface area contributed by atoms with E-state index >= 15 is 0 Å². The third-order valence-corrected chi connectivity index (χ3v) is 3.27. The van der Waals surface area contributed by atoms with Gasteiger partial charge in [0, 0.05) is 6.54 Å². The van der Waals surface area contributed by atoms with Gasteiger partial charge in [0.1, 0.15) is 0 Å². The minimum Gasteiger partial charge on any atom is -0.332 e. The molecule has 2 amide bonds. The molecule has 0 aliphatic carbocycles. The largest absolute Gasteiger partial charge is 0.332 e.